The monoisotopic (exact) mass is 381 g/mol. The molecule has 0 radical (unpaired) electrons. The third-order valence-corrected chi connectivity index (χ3v) is 3.99. The minimum absolute atomic E-state index is 0.221. The summed E-state index contributed by atoms with van der Waals surface area (Å²) >= 11 is 9.33. The zero-order valence-corrected chi connectivity index (χ0v) is 13.8. The summed E-state index contributed by atoms with van der Waals surface area (Å²) in [5, 5.41) is 3.13. The number of nitrogens with one attached hydrogen (secondary N) is 1. The topological polar surface area (TPSA) is 85.1 Å². The van der Waals surface area contributed by atoms with E-state index in [2.05, 4.69) is 26.2 Å². The molecule has 0 aliphatic carbocycles. The van der Waals surface area contributed by atoms with Gasteiger partial charge in [0.1, 0.15) is 11.7 Å². The Labute approximate surface area is 141 Å². The molecule has 0 aliphatic heterocycles. The first-order valence-corrected chi connectivity index (χ1v) is 7.59. The number of amides is 2. The second-order valence-corrected chi connectivity index (χ2v) is 5.87. The SMILES string of the molecule is NC(=O)[C@@H](Cc1cc(Cl)ccc1Br)NC(=O)c1ccccn1. The molecule has 0 fully saturated rings. The summed E-state index contributed by atoms with van der Waals surface area (Å²) in [4.78, 5) is 27.6. The molecule has 0 spiro atoms. The van der Waals surface area contributed by atoms with E-state index < -0.39 is 17.9 Å². The number of carbonyl (C=O) groups is 2. The normalized spacial score (nSPS) is 11.7. The molecule has 1 heterocycles. The molecule has 2 amide bonds. The van der Waals surface area contributed by atoms with Crippen molar-refractivity contribution in [2.75, 3.05) is 0 Å². The Morgan fingerprint density at radius 2 is 2.09 bits per heavy atom. The maximum atomic E-state index is 12.1. The molecule has 5 nitrogen and oxygen atoms in total. The highest BCUT2D eigenvalue weighted by Gasteiger charge is 2.21. The summed E-state index contributed by atoms with van der Waals surface area (Å²) in [6, 6.07) is 9.30. The molecule has 0 saturated heterocycles. The lowest BCUT2D eigenvalue weighted by Gasteiger charge is -2.16. The lowest BCUT2D eigenvalue weighted by molar-refractivity contribution is -0.119. The first-order chi connectivity index (χ1) is 10.5. The van der Waals surface area contributed by atoms with Crippen LogP contribution in [0, 0.1) is 0 Å². The Balaban J connectivity index is 2.15. The summed E-state index contributed by atoms with van der Waals surface area (Å²) < 4.78 is 0.787. The number of pyridine rings is 1. The van der Waals surface area contributed by atoms with Crippen LogP contribution < -0.4 is 11.1 Å². The fourth-order valence-electron chi connectivity index (χ4n) is 1.87. The quantitative estimate of drug-likeness (QED) is 0.832. The lowest BCUT2D eigenvalue weighted by Crippen LogP contribution is -2.46. The van der Waals surface area contributed by atoms with Gasteiger partial charge < -0.3 is 11.1 Å². The molecule has 22 heavy (non-hydrogen) atoms. The molecule has 0 aliphatic rings. The third-order valence-electron chi connectivity index (χ3n) is 2.98. The van der Waals surface area contributed by atoms with E-state index in [1.54, 1.807) is 36.4 Å². The number of nitrogens with two attached hydrogens (primary N) is 1. The van der Waals surface area contributed by atoms with E-state index in [0.717, 1.165) is 10.0 Å². The average molecular weight is 383 g/mol. The van der Waals surface area contributed by atoms with Crippen molar-refractivity contribution < 1.29 is 9.59 Å². The molecule has 3 N–H and O–H groups in total. The molecule has 0 saturated carbocycles. The maximum absolute atomic E-state index is 12.1. The van der Waals surface area contributed by atoms with E-state index in [0.29, 0.717) is 5.02 Å². The van der Waals surface area contributed by atoms with Crippen LogP contribution in [0.2, 0.25) is 5.02 Å². The predicted molar refractivity (Wildman–Crippen MR) is 87.5 cm³/mol. The number of hydrogen-bond donors (Lipinski definition) is 2. The molecule has 1 aromatic carbocycles. The van der Waals surface area contributed by atoms with Crippen LogP contribution >= 0.6 is 27.5 Å². The van der Waals surface area contributed by atoms with Gasteiger partial charge in [-0.05, 0) is 35.9 Å². The predicted octanol–water partition coefficient (Wildman–Crippen LogP) is 2.32. The fourth-order valence-corrected chi connectivity index (χ4v) is 2.47. The van der Waals surface area contributed by atoms with Gasteiger partial charge in [-0.25, -0.2) is 0 Å². The molecule has 2 aromatic rings. The number of halogens is 2. The van der Waals surface area contributed by atoms with Gasteiger partial charge in [0.15, 0.2) is 0 Å². The van der Waals surface area contributed by atoms with Gasteiger partial charge in [0.25, 0.3) is 5.91 Å². The number of primary amides is 1. The van der Waals surface area contributed by atoms with Gasteiger partial charge in [0.05, 0.1) is 0 Å². The van der Waals surface area contributed by atoms with Crippen molar-refractivity contribution in [3.05, 3.63) is 63.3 Å². The summed E-state index contributed by atoms with van der Waals surface area (Å²) in [6.45, 7) is 0. The molecule has 7 heteroatoms. The van der Waals surface area contributed by atoms with Crippen LogP contribution in [0.4, 0.5) is 0 Å². The second-order valence-electron chi connectivity index (χ2n) is 4.58. The van der Waals surface area contributed by atoms with Gasteiger partial charge in [-0.3, -0.25) is 14.6 Å². The number of hydrogen-bond acceptors (Lipinski definition) is 3. The van der Waals surface area contributed by atoms with E-state index >= 15 is 0 Å². The lowest BCUT2D eigenvalue weighted by atomic mass is 10.1. The first kappa shape index (κ1) is 16.5. The highest BCUT2D eigenvalue weighted by atomic mass is 79.9. The van der Waals surface area contributed by atoms with Crippen LogP contribution in [0.15, 0.2) is 47.1 Å². The van der Waals surface area contributed by atoms with Gasteiger partial charge in [0, 0.05) is 22.1 Å². The Morgan fingerprint density at radius 1 is 1.32 bits per heavy atom. The number of benzene rings is 1. The summed E-state index contributed by atoms with van der Waals surface area (Å²) in [6.07, 6.45) is 1.73. The highest BCUT2D eigenvalue weighted by Crippen LogP contribution is 2.22. The minimum Gasteiger partial charge on any atom is -0.368 e. The Morgan fingerprint density at radius 3 is 2.73 bits per heavy atom. The number of nitrogens with zero attached hydrogens (tertiary/aromatic N) is 1. The van der Waals surface area contributed by atoms with Crippen LogP contribution in [0.1, 0.15) is 16.1 Å². The summed E-state index contributed by atoms with van der Waals surface area (Å²) in [7, 11) is 0. The van der Waals surface area contributed by atoms with E-state index in [1.165, 1.54) is 6.20 Å². The Kier molecular flexibility index (Phi) is 5.51. The first-order valence-electron chi connectivity index (χ1n) is 6.42. The van der Waals surface area contributed by atoms with Crippen molar-refractivity contribution in [2.24, 2.45) is 5.73 Å². The van der Waals surface area contributed by atoms with E-state index in [-0.39, 0.29) is 12.1 Å². The van der Waals surface area contributed by atoms with Crippen molar-refractivity contribution >= 4 is 39.3 Å². The Bertz CT molecular complexity index is 694. The van der Waals surface area contributed by atoms with Gasteiger partial charge >= 0.3 is 0 Å². The zero-order valence-electron chi connectivity index (χ0n) is 11.4. The number of aromatic nitrogens is 1. The van der Waals surface area contributed by atoms with Crippen molar-refractivity contribution in [2.45, 2.75) is 12.5 Å². The molecule has 1 atom stereocenters. The largest absolute Gasteiger partial charge is 0.368 e. The third kappa shape index (κ3) is 4.29. The van der Waals surface area contributed by atoms with Crippen molar-refractivity contribution in [1.29, 1.82) is 0 Å². The molecular formula is C15H13BrClN3O2. The Hall–Kier alpha value is -1.92. The van der Waals surface area contributed by atoms with Gasteiger partial charge in [0.2, 0.25) is 5.91 Å². The summed E-state index contributed by atoms with van der Waals surface area (Å²) in [5.41, 5.74) is 6.37. The van der Waals surface area contributed by atoms with Crippen LogP contribution in [0.25, 0.3) is 0 Å². The molecule has 114 valence electrons. The highest BCUT2D eigenvalue weighted by molar-refractivity contribution is 9.10. The summed E-state index contributed by atoms with van der Waals surface area (Å²) in [5.74, 6) is -1.08. The standard InChI is InChI=1S/C15H13BrClN3O2/c16-11-5-4-10(17)7-9(11)8-13(14(18)21)20-15(22)12-3-1-2-6-19-12/h1-7,13H,8H2,(H2,18,21)(H,20,22)/t13-/m1/s1. The zero-order chi connectivity index (χ0) is 16.1. The molecular weight excluding hydrogens is 370 g/mol. The van der Waals surface area contributed by atoms with Crippen LogP contribution in [0.3, 0.4) is 0 Å². The van der Waals surface area contributed by atoms with Crippen molar-refractivity contribution in [1.82, 2.24) is 10.3 Å². The van der Waals surface area contributed by atoms with E-state index in [9.17, 15) is 9.59 Å². The number of rotatable bonds is 5. The van der Waals surface area contributed by atoms with E-state index in [1.807, 2.05) is 0 Å². The van der Waals surface area contributed by atoms with Gasteiger partial charge in [-0.1, -0.05) is 33.6 Å². The fraction of sp³-hybridized carbons (Fsp3) is 0.133. The second kappa shape index (κ2) is 7.38. The molecule has 0 bridgehead atoms. The smallest absolute Gasteiger partial charge is 0.270 e. The van der Waals surface area contributed by atoms with Crippen LogP contribution in [-0.4, -0.2) is 22.8 Å². The average Bonchev–Trinajstić information content (AvgIpc) is 2.50. The molecule has 2 rings (SSSR count). The minimum atomic E-state index is -0.857. The van der Waals surface area contributed by atoms with Crippen LogP contribution in [0.5, 0.6) is 0 Å². The molecule has 1 aromatic heterocycles. The van der Waals surface area contributed by atoms with Gasteiger partial charge in [-0.15, -0.1) is 0 Å². The van der Waals surface area contributed by atoms with Gasteiger partial charge in [-0.2, -0.15) is 0 Å². The molecule has 0 unspecified atom stereocenters. The van der Waals surface area contributed by atoms with Crippen molar-refractivity contribution in [3.8, 4) is 0 Å². The van der Waals surface area contributed by atoms with Crippen molar-refractivity contribution in [3.63, 3.8) is 0 Å². The van der Waals surface area contributed by atoms with Crippen LogP contribution in [-0.2, 0) is 11.2 Å². The number of carbonyl (C=O) groups excluding carboxylic acids is 2. The van der Waals surface area contributed by atoms with E-state index in [4.69, 9.17) is 17.3 Å². The maximum Gasteiger partial charge on any atom is 0.270 e.